The molecule has 0 aliphatic heterocycles. The van der Waals surface area contributed by atoms with Gasteiger partial charge in [0.15, 0.2) is 0 Å². The van der Waals surface area contributed by atoms with Crippen molar-refractivity contribution in [2.75, 3.05) is 11.9 Å². The first-order valence-electron chi connectivity index (χ1n) is 5.67. The molecule has 0 aliphatic carbocycles. The van der Waals surface area contributed by atoms with E-state index in [0.29, 0.717) is 5.65 Å². The molecule has 2 aromatic rings. The fourth-order valence-electron chi connectivity index (χ4n) is 1.74. The van der Waals surface area contributed by atoms with Crippen LogP contribution >= 0.6 is 0 Å². The number of hydrogen-bond donors (Lipinski definition) is 1. The van der Waals surface area contributed by atoms with E-state index in [1.54, 1.807) is 12.4 Å². The summed E-state index contributed by atoms with van der Waals surface area (Å²) in [6.45, 7) is 2.65. The Balaban J connectivity index is 2.25. The molecular formula is C12H15F2N3. The van der Waals surface area contributed by atoms with E-state index in [0.717, 1.165) is 24.0 Å². The van der Waals surface area contributed by atoms with Crippen molar-refractivity contribution in [3.05, 3.63) is 24.5 Å². The van der Waals surface area contributed by atoms with Crippen LogP contribution in [0.3, 0.4) is 0 Å². The summed E-state index contributed by atoms with van der Waals surface area (Å²) < 4.78 is 26.1. The number of aromatic nitrogens is 2. The van der Waals surface area contributed by atoms with Crippen LogP contribution in [0.25, 0.3) is 11.0 Å². The largest absolute Gasteiger partial charge is 0.384 e. The van der Waals surface area contributed by atoms with Gasteiger partial charge >= 0.3 is 0 Å². The van der Waals surface area contributed by atoms with Crippen LogP contribution in [0.5, 0.6) is 0 Å². The minimum atomic E-state index is -2.36. The van der Waals surface area contributed by atoms with Gasteiger partial charge in [0.05, 0.1) is 18.4 Å². The van der Waals surface area contributed by atoms with Gasteiger partial charge in [-0.15, -0.1) is 0 Å². The fourth-order valence-corrected chi connectivity index (χ4v) is 1.74. The number of halogens is 2. The molecule has 0 spiro atoms. The number of hydrogen-bond acceptors (Lipinski definition) is 2. The Bertz CT molecular complexity index is 493. The molecule has 0 radical (unpaired) electrons. The Kier molecular flexibility index (Phi) is 3.56. The van der Waals surface area contributed by atoms with E-state index >= 15 is 0 Å². The normalized spacial score (nSPS) is 11.3. The lowest BCUT2D eigenvalue weighted by molar-refractivity contribution is 0.128. The molecule has 0 atom stereocenters. The standard InChI is InChI=1S/C12H15F2N3/c1-2-4-15-10-6-9-3-5-17(8-11(13)14)12(9)16-7-10/h3,5-7,11,15H,2,4,8H2,1H3. The lowest BCUT2D eigenvalue weighted by Gasteiger charge is -2.06. The van der Waals surface area contributed by atoms with Crippen molar-refractivity contribution >= 4 is 16.7 Å². The topological polar surface area (TPSA) is 29.9 Å². The zero-order valence-electron chi connectivity index (χ0n) is 9.66. The summed E-state index contributed by atoms with van der Waals surface area (Å²) >= 11 is 0. The number of fused-ring (bicyclic) bond motifs is 1. The minimum Gasteiger partial charge on any atom is -0.384 e. The third-order valence-electron chi connectivity index (χ3n) is 2.52. The maximum Gasteiger partial charge on any atom is 0.256 e. The van der Waals surface area contributed by atoms with E-state index in [9.17, 15) is 8.78 Å². The molecule has 0 unspecified atom stereocenters. The second kappa shape index (κ2) is 5.12. The third-order valence-corrected chi connectivity index (χ3v) is 2.52. The Morgan fingerprint density at radius 2 is 2.29 bits per heavy atom. The van der Waals surface area contributed by atoms with Crippen molar-refractivity contribution in [3.8, 4) is 0 Å². The first-order chi connectivity index (χ1) is 8.20. The third kappa shape index (κ3) is 2.72. The second-order valence-electron chi connectivity index (χ2n) is 3.92. The highest BCUT2D eigenvalue weighted by Gasteiger charge is 2.08. The van der Waals surface area contributed by atoms with Crippen LogP contribution in [-0.2, 0) is 6.54 Å². The average molecular weight is 239 g/mol. The van der Waals surface area contributed by atoms with Gasteiger partial charge in [-0.1, -0.05) is 6.92 Å². The molecule has 1 N–H and O–H groups in total. The predicted molar refractivity (Wildman–Crippen MR) is 64.5 cm³/mol. The van der Waals surface area contributed by atoms with Gasteiger partial charge in [-0.05, 0) is 18.6 Å². The fraction of sp³-hybridized carbons (Fsp3) is 0.417. The zero-order chi connectivity index (χ0) is 12.3. The van der Waals surface area contributed by atoms with Crippen LogP contribution < -0.4 is 5.32 Å². The van der Waals surface area contributed by atoms with Gasteiger partial charge in [-0.3, -0.25) is 0 Å². The molecule has 0 amide bonds. The van der Waals surface area contributed by atoms with E-state index in [1.807, 2.05) is 12.1 Å². The molecule has 0 fully saturated rings. The lowest BCUT2D eigenvalue weighted by atomic mass is 10.3. The van der Waals surface area contributed by atoms with E-state index in [4.69, 9.17) is 0 Å². The molecular weight excluding hydrogens is 224 g/mol. The summed E-state index contributed by atoms with van der Waals surface area (Å²) in [5.41, 5.74) is 1.53. The second-order valence-corrected chi connectivity index (χ2v) is 3.92. The van der Waals surface area contributed by atoms with Crippen molar-refractivity contribution < 1.29 is 8.78 Å². The number of pyridine rings is 1. The Morgan fingerprint density at radius 3 is 3.00 bits per heavy atom. The van der Waals surface area contributed by atoms with Crippen LogP contribution in [0.4, 0.5) is 14.5 Å². The Hall–Kier alpha value is -1.65. The summed E-state index contributed by atoms with van der Waals surface area (Å²) in [7, 11) is 0. The minimum absolute atomic E-state index is 0.307. The zero-order valence-corrected chi connectivity index (χ0v) is 9.66. The van der Waals surface area contributed by atoms with Gasteiger partial charge in [0, 0.05) is 18.1 Å². The highest BCUT2D eigenvalue weighted by Crippen LogP contribution is 2.18. The first kappa shape index (κ1) is 11.8. The van der Waals surface area contributed by atoms with Crippen LogP contribution in [0.2, 0.25) is 0 Å². The van der Waals surface area contributed by atoms with Gasteiger partial charge in [-0.25, -0.2) is 13.8 Å². The maximum absolute atomic E-state index is 12.3. The lowest BCUT2D eigenvalue weighted by Crippen LogP contribution is -2.06. The SMILES string of the molecule is CCCNc1cnc2c(ccn2CC(F)F)c1. The molecule has 2 rings (SSSR count). The van der Waals surface area contributed by atoms with Gasteiger partial charge in [0.2, 0.25) is 0 Å². The van der Waals surface area contributed by atoms with E-state index in [-0.39, 0.29) is 6.54 Å². The van der Waals surface area contributed by atoms with Crippen molar-refractivity contribution in [2.45, 2.75) is 26.3 Å². The maximum atomic E-state index is 12.3. The molecule has 0 saturated heterocycles. The van der Waals surface area contributed by atoms with Crippen LogP contribution in [0, 0.1) is 0 Å². The van der Waals surface area contributed by atoms with Crippen molar-refractivity contribution in [2.24, 2.45) is 0 Å². The molecule has 92 valence electrons. The average Bonchev–Trinajstić information content (AvgIpc) is 2.68. The molecule has 0 aliphatic rings. The van der Waals surface area contributed by atoms with Crippen LogP contribution in [0.1, 0.15) is 13.3 Å². The smallest absolute Gasteiger partial charge is 0.256 e. The van der Waals surface area contributed by atoms with Gasteiger partial charge in [-0.2, -0.15) is 0 Å². The number of alkyl halides is 2. The molecule has 0 saturated carbocycles. The number of rotatable bonds is 5. The molecule has 5 heteroatoms. The highest BCUT2D eigenvalue weighted by molar-refractivity contribution is 5.79. The van der Waals surface area contributed by atoms with E-state index < -0.39 is 6.43 Å². The molecule has 0 aromatic carbocycles. The highest BCUT2D eigenvalue weighted by atomic mass is 19.3. The molecule has 0 bridgehead atoms. The summed E-state index contributed by atoms with van der Waals surface area (Å²) in [6.07, 6.45) is 2.00. The van der Waals surface area contributed by atoms with Gasteiger partial charge in [0.25, 0.3) is 6.43 Å². The Labute approximate surface area is 98.5 Å². The number of anilines is 1. The number of nitrogens with zero attached hydrogens (tertiary/aromatic N) is 2. The summed E-state index contributed by atoms with van der Waals surface area (Å²) in [4.78, 5) is 4.21. The molecule has 17 heavy (non-hydrogen) atoms. The van der Waals surface area contributed by atoms with Crippen molar-refractivity contribution in [1.29, 1.82) is 0 Å². The summed E-state index contributed by atoms with van der Waals surface area (Å²) in [5, 5.41) is 4.10. The van der Waals surface area contributed by atoms with Crippen LogP contribution in [0.15, 0.2) is 24.5 Å². The number of nitrogens with one attached hydrogen (secondary N) is 1. The molecule has 2 heterocycles. The van der Waals surface area contributed by atoms with Crippen LogP contribution in [-0.4, -0.2) is 22.5 Å². The van der Waals surface area contributed by atoms with Gasteiger partial charge in [0.1, 0.15) is 5.65 Å². The Morgan fingerprint density at radius 1 is 1.47 bits per heavy atom. The predicted octanol–water partition coefficient (Wildman–Crippen LogP) is 3.12. The van der Waals surface area contributed by atoms with E-state index in [1.165, 1.54) is 4.57 Å². The molecule has 2 aromatic heterocycles. The van der Waals surface area contributed by atoms with E-state index in [2.05, 4.69) is 17.2 Å². The summed E-state index contributed by atoms with van der Waals surface area (Å²) in [6, 6.07) is 3.74. The van der Waals surface area contributed by atoms with Crippen molar-refractivity contribution in [1.82, 2.24) is 9.55 Å². The van der Waals surface area contributed by atoms with Gasteiger partial charge < -0.3 is 9.88 Å². The van der Waals surface area contributed by atoms with Crippen molar-refractivity contribution in [3.63, 3.8) is 0 Å². The quantitative estimate of drug-likeness (QED) is 0.868. The monoisotopic (exact) mass is 239 g/mol. The first-order valence-corrected chi connectivity index (χ1v) is 5.67. The molecule has 3 nitrogen and oxygen atoms in total. The summed E-state index contributed by atoms with van der Waals surface area (Å²) in [5.74, 6) is 0.